The van der Waals surface area contributed by atoms with E-state index in [4.69, 9.17) is 21.1 Å². The zero-order valence-electron chi connectivity index (χ0n) is 19.5. The molecule has 0 bridgehead atoms. The van der Waals surface area contributed by atoms with Crippen molar-refractivity contribution in [2.24, 2.45) is 5.41 Å². The van der Waals surface area contributed by atoms with Crippen molar-refractivity contribution in [3.63, 3.8) is 0 Å². The van der Waals surface area contributed by atoms with Gasteiger partial charge in [0.2, 0.25) is 11.7 Å². The molecule has 174 valence electrons. The number of rotatable bonds is 4. The molecule has 1 aliphatic carbocycles. The smallest absolute Gasteiger partial charge is 0.232 e. The molecule has 1 unspecified atom stereocenters. The van der Waals surface area contributed by atoms with E-state index in [9.17, 15) is 14.7 Å². The van der Waals surface area contributed by atoms with Gasteiger partial charge in [-0.15, -0.1) is 0 Å². The molecule has 0 fully saturated rings. The Bertz CT molecular complexity index is 1160. The topological polar surface area (TPSA) is 76.1 Å². The maximum atomic E-state index is 13.5. The Labute approximate surface area is 198 Å². The minimum Gasteiger partial charge on any atom is -0.502 e. The number of Topliss-reactive ketones (excluding diaryl/α,β-unsaturated/α-hetero) is 1. The number of hydrogen-bond donors (Lipinski definition) is 1. The maximum absolute atomic E-state index is 13.5. The number of phenolic OH excluding ortho intramolecular Hbond substituents is 1. The lowest BCUT2D eigenvalue weighted by Gasteiger charge is -2.43. The van der Waals surface area contributed by atoms with Crippen molar-refractivity contribution in [2.45, 2.75) is 46.0 Å². The summed E-state index contributed by atoms with van der Waals surface area (Å²) < 4.78 is 10.6. The minimum absolute atomic E-state index is 0.0213. The highest BCUT2D eigenvalue weighted by Gasteiger charge is 2.44. The van der Waals surface area contributed by atoms with Gasteiger partial charge in [0.05, 0.1) is 19.9 Å². The van der Waals surface area contributed by atoms with Gasteiger partial charge < -0.3 is 14.6 Å². The number of aryl methyl sites for hydroxylation is 1. The first-order valence-corrected chi connectivity index (χ1v) is 11.2. The Hall–Kier alpha value is -2.99. The Balaban J connectivity index is 1.93. The molecule has 2 aromatic rings. The van der Waals surface area contributed by atoms with E-state index in [1.807, 2.05) is 32.9 Å². The van der Waals surface area contributed by atoms with Crippen LogP contribution in [-0.4, -0.2) is 31.0 Å². The maximum Gasteiger partial charge on any atom is 0.232 e. The van der Waals surface area contributed by atoms with Crippen molar-refractivity contribution < 1.29 is 24.2 Å². The van der Waals surface area contributed by atoms with E-state index in [2.05, 4.69) is 0 Å². The molecule has 4 rings (SSSR count). The fourth-order valence-electron chi connectivity index (χ4n) is 4.84. The summed E-state index contributed by atoms with van der Waals surface area (Å²) in [4.78, 5) is 28.7. The summed E-state index contributed by atoms with van der Waals surface area (Å²) in [5.74, 6) is -0.211. The largest absolute Gasteiger partial charge is 0.502 e. The van der Waals surface area contributed by atoms with E-state index in [1.165, 1.54) is 14.2 Å². The summed E-state index contributed by atoms with van der Waals surface area (Å²) in [6, 6.07) is 8.86. The van der Waals surface area contributed by atoms with Crippen LogP contribution in [0.3, 0.4) is 0 Å². The van der Waals surface area contributed by atoms with Crippen LogP contribution < -0.4 is 14.4 Å². The molecule has 0 radical (unpaired) electrons. The molecule has 7 heteroatoms. The van der Waals surface area contributed by atoms with Crippen LogP contribution in [0, 0.1) is 12.3 Å². The number of amides is 1. The number of benzene rings is 2. The molecule has 33 heavy (non-hydrogen) atoms. The van der Waals surface area contributed by atoms with Crippen molar-refractivity contribution in [2.75, 3.05) is 19.1 Å². The number of carbonyl (C=O) groups excluding carboxylic acids is 2. The summed E-state index contributed by atoms with van der Waals surface area (Å²) >= 11 is 6.37. The van der Waals surface area contributed by atoms with Gasteiger partial charge in [0.1, 0.15) is 0 Å². The van der Waals surface area contributed by atoms with Gasteiger partial charge in [-0.1, -0.05) is 31.5 Å². The van der Waals surface area contributed by atoms with Gasteiger partial charge in [-0.05, 0) is 54.2 Å². The number of ether oxygens (including phenoxy) is 2. The van der Waals surface area contributed by atoms with Crippen LogP contribution >= 0.6 is 11.6 Å². The molecule has 0 aromatic heterocycles. The number of phenols is 1. The van der Waals surface area contributed by atoms with E-state index in [1.54, 1.807) is 23.1 Å². The Morgan fingerprint density at radius 2 is 1.70 bits per heavy atom. The van der Waals surface area contributed by atoms with Gasteiger partial charge in [-0.3, -0.25) is 14.5 Å². The third kappa shape index (κ3) is 4.08. The quantitative estimate of drug-likeness (QED) is 0.636. The zero-order valence-corrected chi connectivity index (χ0v) is 20.2. The van der Waals surface area contributed by atoms with E-state index >= 15 is 0 Å². The molecular formula is C26H28ClNO5. The van der Waals surface area contributed by atoms with E-state index in [-0.39, 0.29) is 40.8 Å². The van der Waals surface area contributed by atoms with Crippen molar-refractivity contribution in [1.82, 2.24) is 0 Å². The molecule has 0 saturated carbocycles. The number of aromatic hydroxyl groups is 1. The van der Waals surface area contributed by atoms with E-state index in [0.717, 1.165) is 5.56 Å². The Morgan fingerprint density at radius 3 is 2.27 bits per heavy atom. The van der Waals surface area contributed by atoms with E-state index < -0.39 is 5.92 Å². The summed E-state index contributed by atoms with van der Waals surface area (Å²) in [5, 5.41) is 10.9. The number of halogens is 1. The van der Waals surface area contributed by atoms with Gasteiger partial charge in [0.15, 0.2) is 17.3 Å². The summed E-state index contributed by atoms with van der Waals surface area (Å²) in [6.07, 6.45) is 1.08. The van der Waals surface area contributed by atoms with Gasteiger partial charge in [-0.2, -0.15) is 0 Å². The molecule has 6 nitrogen and oxygen atoms in total. The number of methoxy groups -OCH3 is 2. The van der Waals surface area contributed by atoms with E-state index in [0.29, 0.717) is 40.4 Å². The lowest BCUT2D eigenvalue weighted by atomic mass is 9.69. The normalized spacial score (nSPS) is 20.1. The van der Waals surface area contributed by atoms with Crippen molar-refractivity contribution in [3.05, 3.63) is 57.8 Å². The predicted octanol–water partition coefficient (Wildman–Crippen LogP) is 5.53. The average molecular weight is 470 g/mol. The second kappa shape index (κ2) is 8.41. The molecular weight excluding hydrogens is 442 g/mol. The van der Waals surface area contributed by atoms with Crippen molar-refractivity contribution >= 4 is 29.0 Å². The molecule has 1 N–H and O–H groups in total. The van der Waals surface area contributed by atoms with Gasteiger partial charge >= 0.3 is 0 Å². The van der Waals surface area contributed by atoms with Crippen LogP contribution in [0.5, 0.6) is 17.2 Å². The number of nitrogens with zero attached hydrogens (tertiary/aromatic N) is 1. The highest BCUT2D eigenvalue weighted by molar-refractivity contribution is 6.31. The number of anilines is 1. The highest BCUT2D eigenvalue weighted by Crippen LogP contribution is 2.50. The van der Waals surface area contributed by atoms with Crippen LogP contribution in [0.4, 0.5) is 5.69 Å². The van der Waals surface area contributed by atoms with Crippen molar-refractivity contribution in [1.29, 1.82) is 0 Å². The van der Waals surface area contributed by atoms with Crippen molar-refractivity contribution in [3.8, 4) is 17.2 Å². The number of allylic oxidation sites excluding steroid dienone is 2. The highest BCUT2D eigenvalue weighted by atomic mass is 35.5. The van der Waals surface area contributed by atoms with Crippen LogP contribution in [0.2, 0.25) is 5.02 Å². The second-order valence-corrected chi connectivity index (χ2v) is 9.90. The molecule has 0 spiro atoms. The molecule has 1 aliphatic heterocycles. The van der Waals surface area contributed by atoms with Gasteiger partial charge in [-0.25, -0.2) is 0 Å². The Morgan fingerprint density at radius 1 is 1.06 bits per heavy atom. The van der Waals surface area contributed by atoms with Crippen LogP contribution in [-0.2, 0) is 9.59 Å². The third-order valence-electron chi connectivity index (χ3n) is 6.46. The SMILES string of the molecule is COc1cc(C2CC(=O)N(c3ccc(C)c(Cl)c3)C3=C2C(=O)CC(C)(C)C3)cc(OC)c1O. The van der Waals surface area contributed by atoms with Crippen LogP contribution in [0.25, 0.3) is 0 Å². The minimum atomic E-state index is -0.461. The fourth-order valence-corrected chi connectivity index (χ4v) is 5.01. The average Bonchev–Trinajstić information content (AvgIpc) is 2.74. The summed E-state index contributed by atoms with van der Waals surface area (Å²) in [6.45, 7) is 5.98. The summed E-state index contributed by atoms with van der Waals surface area (Å²) in [5.41, 5.74) is 3.32. The Kier molecular flexibility index (Phi) is 5.91. The molecule has 0 saturated heterocycles. The number of ketones is 1. The molecule has 1 amide bonds. The zero-order chi connectivity index (χ0) is 24.1. The van der Waals surface area contributed by atoms with Gasteiger partial charge in [0.25, 0.3) is 0 Å². The second-order valence-electron chi connectivity index (χ2n) is 9.49. The van der Waals surface area contributed by atoms with Crippen LogP contribution in [0.1, 0.15) is 50.2 Å². The summed E-state index contributed by atoms with van der Waals surface area (Å²) in [7, 11) is 2.90. The molecule has 1 atom stereocenters. The van der Waals surface area contributed by atoms with Gasteiger partial charge in [0, 0.05) is 35.1 Å². The lowest BCUT2D eigenvalue weighted by Crippen LogP contribution is -2.43. The first-order chi connectivity index (χ1) is 15.6. The first-order valence-electron chi connectivity index (χ1n) is 10.9. The fraction of sp³-hybridized carbons (Fsp3) is 0.385. The predicted molar refractivity (Wildman–Crippen MR) is 127 cm³/mol. The molecule has 2 aromatic carbocycles. The first kappa shape index (κ1) is 23.2. The van der Waals surface area contributed by atoms with Crippen LogP contribution in [0.15, 0.2) is 41.6 Å². The third-order valence-corrected chi connectivity index (χ3v) is 6.87. The monoisotopic (exact) mass is 469 g/mol. The standard InChI is InChI=1S/C26H28ClNO5/c1-14-6-7-16(10-18(14)27)28-19-12-26(2,3)13-20(29)24(19)17(11-23(28)30)15-8-21(32-4)25(31)22(9-15)33-5/h6-10,17,31H,11-13H2,1-5H3. The lowest BCUT2D eigenvalue weighted by molar-refractivity contribution is -0.121. The molecule has 1 heterocycles. The number of carbonyl (C=O) groups is 2. The molecule has 2 aliphatic rings. The number of hydrogen-bond acceptors (Lipinski definition) is 5.